The largest absolute Gasteiger partial charge is 0.465 e. The van der Waals surface area contributed by atoms with Gasteiger partial charge in [0.2, 0.25) is 10.0 Å². The van der Waals surface area contributed by atoms with Crippen molar-refractivity contribution < 1.29 is 27.8 Å². The molecule has 1 atom stereocenters. The van der Waals surface area contributed by atoms with Crippen molar-refractivity contribution >= 4 is 16.0 Å². The molecule has 0 aliphatic carbocycles. The molecule has 0 bridgehead atoms. The highest BCUT2D eigenvalue weighted by Gasteiger charge is 2.33. The minimum atomic E-state index is -3.77. The molecular formula is C9H17NO6S. The van der Waals surface area contributed by atoms with Crippen LogP contribution in [0, 0.1) is 0 Å². The molecule has 0 aromatic heterocycles. The molecule has 100 valence electrons. The van der Waals surface area contributed by atoms with E-state index < -0.39 is 27.3 Å². The molecule has 1 heterocycles. The molecule has 0 radical (unpaired) electrons. The lowest BCUT2D eigenvalue weighted by molar-refractivity contribution is -0.139. The number of esters is 1. The van der Waals surface area contributed by atoms with Crippen LogP contribution in [0.2, 0.25) is 0 Å². The maximum absolute atomic E-state index is 11.5. The van der Waals surface area contributed by atoms with Crippen LogP contribution in [0.25, 0.3) is 0 Å². The van der Waals surface area contributed by atoms with Crippen molar-refractivity contribution in [2.75, 3.05) is 32.1 Å². The van der Waals surface area contributed by atoms with Gasteiger partial charge >= 0.3 is 5.97 Å². The lowest BCUT2D eigenvalue weighted by Crippen LogP contribution is -2.44. The van der Waals surface area contributed by atoms with E-state index in [2.05, 4.69) is 9.46 Å². The van der Waals surface area contributed by atoms with Gasteiger partial charge in [0.05, 0.1) is 13.2 Å². The Hall–Kier alpha value is -0.700. The van der Waals surface area contributed by atoms with Gasteiger partial charge in [0, 0.05) is 19.6 Å². The maximum Gasteiger partial charge on any atom is 0.322 e. The second kappa shape index (κ2) is 5.76. The maximum atomic E-state index is 11.5. The van der Waals surface area contributed by atoms with Crippen LogP contribution in [0.15, 0.2) is 0 Å². The molecule has 0 aromatic carbocycles. The zero-order valence-electron chi connectivity index (χ0n) is 9.64. The van der Waals surface area contributed by atoms with Gasteiger partial charge in [-0.3, -0.25) is 4.79 Å². The molecular weight excluding hydrogens is 250 g/mol. The Labute approximate surface area is 100 Å². The normalized spacial score (nSPS) is 24.8. The molecule has 1 fully saturated rings. The summed E-state index contributed by atoms with van der Waals surface area (Å²) >= 11 is 0. The molecule has 1 aliphatic rings. The van der Waals surface area contributed by atoms with Gasteiger partial charge in [-0.15, -0.1) is 0 Å². The van der Waals surface area contributed by atoms with Crippen LogP contribution in [0.5, 0.6) is 0 Å². The Morgan fingerprint density at radius 2 is 2.29 bits per heavy atom. The Bertz CT molecular complexity index is 360. The summed E-state index contributed by atoms with van der Waals surface area (Å²) in [6.07, 6.45) is 0.370. The Balaban J connectivity index is 2.41. The van der Waals surface area contributed by atoms with Crippen LogP contribution in [0.4, 0.5) is 0 Å². The number of rotatable bonds is 6. The quantitative estimate of drug-likeness (QED) is 0.575. The van der Waals surface area contributed by atoms with Gasteiger partial charge in [0.1, 0.15) is 5.60 Å². The van der Waals surface area contributed by atoms with E-state index in [1.807, 2.05) is 0 Å². The fourth-order valence-electron chi connectivity index (χ4n) is 1.39. The van der Waals surface area contributed by atoms with Crippen molar-refractivity contribution in [3.05, 3.63) is 0 Å². The molecule has 1 unspecified atom stereocenters. The molecule has 1 aliphatic heterocycles. The molecule has 0 aromatic rings. The van der Waals surface area contributed by atoms with Crippen molar-refractivity contribution in [3.63, 3.8) is 0 Å². The summed E-state index contributed by atoms with van der Waals surface area (Å²) in [4.78, 5) is 11.0. The van der Waals surface area contributed by atoms with E-state index in [1.165, 1.54) is 0 Å². The third kappa shape index (κ3) is 4.99. The highest BCUT2D eigenvalue weighted by molar-refractivity contribution is 7.90. The highest BCUT2D eigenvalue weighted by atomic mass is 32.2. The molecule has 1 rings (SSSR count). The lowest BCUT2D eigenvalue weighted by Gasteiger charge is -2.20. The third-order valence-electron chi connectivity index (χ3n) is 2.32. The van der Waals surface area contributed by atoms with Gasteiger partial charge in [-0.2, -0.15) is 0 Å². The molecule has 17 heavy (non-hydrogen) atoms. The van der Waals surface area contributed by atoms with Crippen LogP contribution in [0.3, 0.4) is 0 Å². The first-order valence-electron chi connectivity index (χ1n) is 5.30. The van der Waals surface area contributed by atoms with Gasteiger partial charge in [-0.05, 0) is 6.92 Å². The van der Waals surface area contributed by atoms with Crippen molar-refractivity contribution in [2.24, 2.45) is 0 Å². The summed E-state index contributed by atoms with van der Waals surface area (Å²) in [6.45, 7) is 2.06. The molecule has 1 saturated heterocycles. The summed E-state index contributed by atoms with van der Waals surface area (Å²) < 4.78 is 34.6. The van der Waals surface area contributed by atoms with Crippen molar-refractivity contribution in [1.82, 2.24) is 4.72 Å². The van der Waals surface area contributed by atoms with Gasteiger partial charge in [-0.25, -0.2) is 13.1 Å². The van der Waals surface area contributed by atoms with Gasteiger partial charge < -0.3 is 14.6 Å². The van der Waals surface area contributed by atoms with E-state index >= 15 is 0 Å². The van der Waals surface area contributed by atoms with Crippen LogP contribution < -0.4 is 4.72 Å². The zero-order valence-corrected chi connectivity index (χ0v) is 10.5. The first-order chi connectivity index (χ1) is 7.87. The smallest absolute Gasteiger partial charge is 0.322 e. The summed E-state index contributed by atoms with van der Waals surface area (Å²) in [6, 6.07) is 0. The summed E-state index contributed by atoms with van der Waals surface area (Å²) in [5.41, 5.74) is -1.18. The average Bonchev–Trinajstić information content (AvgIpc) is 2.63. The van der Waals surface area contributed by atoms with Crippen molar-refractivity contribution in [2.45, 2.75) is 18.9 Å². The number of hydrogen-bond acceptors (Lipinski definition) is 6. The summed E-state index contributed by atoms with van der Waals surface area (Å²) in [5, 5.41) is 9.82. The first kappa shape index (κ1) is 14.4. The number of ether oxygens (including phenoxy) is 2. The highest BCUT2D eigenvalue weighted by Crippen LogP contribution is 2.17. The van der Waals surface area contributed by atoms with Crippen LogP contribution in [0.1, 0.15) is 13.3 Å². The minimum Gasteiger partial charge on any atom is -0.465 e. The molecule has 7 nitrogen and oxygen atoms in total. The summed E-state index contributed by atoms with van der Waals surface area (Å²) in [7, 11) is -3.77. The average molecular weight is 267 g/mol. The molecule has 8 heteroatoms. The predicted molar refractivity (Wildman–Crippen MR) is 58.8 cm³/mol. The first-order valence-corrected chi connectivity index (χ1v) is 6.95. The van der Waals surface area contributed by atoms with Gasteiger partial charge in [0.15, 0.2) is 5.75 Å². The Morgan fingerprint density at radius 1 is 1.59 bits per heavy atom. The standard InChI is InChI=1S/C9H17NO6S/c1-2-16-8(11)5-17(13,14)10-6-9(12)3-4-15-7-9/h10,12H,2-7H2,1H3. The van der Waals surface area contributed by atoms with E-state index in [-0.39, 0.29) is 19.8 Å². The van der Waals surface area contributed by atoms with Gasteiger partial charge in [-0.1, -0.05) is 0 Å². The number of nitrogens with one attached hydrogen (secondary N) is 1. The SMILES string of the molecule is CCOC(=O)CS(=O)(=O)NCC1(O)CCOC1. The van der Waals surface area contributed by atoms with Crippen LogP contribution >= 0.6 is 0 Å². The number of carbonyl (C=O) groups is 1. The van der Waals surface area contributed by atoms with Crippen LogP contribution in [-0.2, 0) is 24.3 Å². The van der Waals surface area contributed by atoms with Crippen molar-refractivity contribution in [1.29, 1.82) is 0 Å². The predicted octanol–water partition coefficient (Wildman–Crippen LogP) is -1.38. The van der Waals surface area contributed by atoms with E-state index in [4.69, 9.17) is 4.74 Å². The summed E-state index contributed by atoms with van der Waals surface area (Å²) in [5.74, 6) is -1.55. The fourth-order valence-corrected chi connectivity index (χ4v) is 2.37. The Kier molecular flexibility index (Phi) is 4.87. The van der Waals surface area contributed by atoms with E-state index in [9.17, 15) is 18.3 Å². The number of aliphatic hydroxyl groups is 1. The van der Waals surface area contributed by atoms with E-state index in [0.717, 1.165) is 0 Å². The Morgan fingerprint density at radius 3 is 2.82 bits per heavy atom. The van der Waals surface area contributed by atoms with Gasteiger partial charge in [0.25, 0.3) is 0 Å². The molecule has 0 saturated carbocycles. The second-order valence-electron chi connectivity index (χ2n) is 3.91. The third-order valence-corrected chi connectivity index (χ3v) is 3.52. The van der Waals surface area contributed by atoms with E-state index in [0.29, 0.717) is 13.0 Å². The fraction of sp³-hybridized carbons (Fsp3) is 0.889. The number of carbonyl (C=O) groups excluding carboxylic acids is 1. The van der Waals surface area contributed by atoms with E-state index in [1.54, 1.807) is 6.92 Å². The topological polar surface area (TPSA) is 102 Å². The lowest BCUT2D eigenvalue weighted by atomic mass is 10.1. The number of sulfonamides is 1. The molecule has 0 spiro atoms. The van der Waals surface area contributed by atoms with Crippen LogP contribution in [-0.4, -0.2) is 57.2 Å². The second-order valence-corrected chi connectivity index (χ2v) is 5.72. The molecule has 2 N–H and O–H groups in total. The minimum absolute atomic E-state index is 0.0922. The number of hydrogen-bond donors (Lipinski definition) is 2. The molecule has 0 amide bonds. The zero-order chi connectivity index (χ0) is 12.9. The van der Waals surface area contributed by atoms with Crippen molar-refractivity contribution in [3.8, 4) is 0 Å². The monoisotopic (exact) mass is 267 g/mol.